The minimum atomic E-state index is -0.982. The van der Waals surface area contributed by atoms with E-state index in [0.29, 0.717) is 11.1 Å². The highest BCUT2D eigenvalue weighted by Gasteiger charge is 2.11. The molecule has 0 saturated heterocycles. The van der Waals surface area contributed by atoms with E-state index in [4.69, 9.17) is 5.11 Å². The Balaban J connectivity index is 2.24. The molecule has 0 amide bonds. The largest absolute Gasteiger partial charge is 0.508 e. The first-order valence-corrected chi connectivity index (χ1v) is 5.66. The van der Waals surface area contributed by atoms with Crippen molar-refractivity contribution in [1.82, 2.24) is 10.2 Å². The first-order chi connectivity index (χ1) is 9.15. The second kappa shape index (κ2) is 4.13. The van der Waals surface area contributed by atoms with Crippen LogP contribution < -0.4 is 0 Å². The molecule has 19 heavy (non-hydrogen) atoms. The Bertz CT molecular complexity index is 777. The summed E-state index contributed by atoms with van der Waals surface area (Å²) in [5.74, 6) is -0.840. The predicted molar refractivity (Wildman–Crippen MR) is 70.2 cm³/mol. The Morgan fingerprint density at radius 2 is 2.00 bits per heavy atom. The van der Waals surface area contributed by atoms with Gasteiger partial charge in [-0.25, -0.2) is 4.79 Å². The van der Waals surface area contributed by atoms with E-state index in [1.54, 1.807) is 30.3 Å². The summed E-state index contributed by atoms with van der Waals surface area (Å²) in [5, 5.41) is 26.3. The number of phenols is 1. The van der Waals surface area contributed by atoms with Gasteiger partial charge in [0.05, 0.1) is 11.1 Å². The number of carboxylic acid groups (broad SMARTS) is 1. The second-order valence-electron chi connectivity index (χ2n) is 4.19. The number of aromatic amines is 1. The van der Waals surface area contributed by atoms with Gasteiger partial charge in [0.15, 0.2) is 0 Å². The summed E-state index contributed by atoms with van der Waals surface area (Å²) < 4.78 is 0. The van der Waals surface area contributed by atoms with E-state index < -0.39 is 5.97 Å². The molecule has 1 aromatic heterocycles. The van der Waals surface area contributed by atoms with Gasteiger partial charge in [0, 0.05) is 10.9 Å². The number of nitrogens with zero attached hydrogens (tertiary/aromatic N) is 1. The van der Waals surface area contributed by atoms with Gasteiger partial charge in [-0.1, -0.05) is 12.1 Å². The van der Waals surface area contributed by atoms with Crippen LogP contribution in [0.4, 0.5) is 0 Å². The Morgan fingerprint density at radius 1 is 1.16 bits per heavy atom. The molecule has 0 radical (unpaired) electrons. The number of nitrogens with one attached hydrogen (secondary N) is 1. The second-order valence-corrected chi connectivity index (χ2v) is 4.19. The third-order valence-electron chi connectivity index (χ3n) is 2.93. The van der Waals surface area contributed by atoms with Crippen molar-refractivity contribution in [1.29, 1.82) is 0 Å². The third-order valence-corrected chi connectivity index (χ3v) is 2.93. The Morgan fingerprint density at radius 3 is 2.74 bits per heavy atom. The zero-order valence-electron chi connectivity index (χ0n) is 9.79. The van der Waals surface area contributed by atoms with Gasteiger partial charge >= 0.3 is 5.97 Å². The molecule has 5 nitrogen and oxygen atoms in total. The number of aromatic hydroxyl groups is 1. The summed E-state index contributed by atoms with van der Waals surface area (Å²) in [6.07, 6.45) is 0. The summed E-state index contributed by atoms with van der Waals surface area (Å²) in [7, 11) is 0. The summed E-state index contributed by atoms with van der Waals surface area (Å²) in [6, 6.07) is 11.5. The lowest BCUT2D eigenvalue weighted by Crippen LogP contribution is -1.94. The van der Waals surface area contributed by atoms with Crippen LogP contribution >= 0.6 is 0 Å². The van der Waals surface area contributed by atoms with E-state index in [0.717, 1.165) is 11.1 Å². The van der Waals surface area contributed by atoms with E-state index >= 15 is 0 Å². The first kappa shape index (κ1) is 11.3. The van der Waals surface area contributed by atoms with Crippen LogP contribution in [0.3, 0.4) is 0 Å². The summed E-state index contributed by atoms with van der Waals surface area (Å²) >= 11 is 0. The molecule has 3 aromatic rings. The number of rotatable bonds is 2. The molecule has 3 N–H and O–H groups in total. The van der Waals surface area contributed by atoms with Gasteiger partial charge in [0.1, 0.15) is 11.4 Å². The van der Waals surface area contributed by atoms with Gasteiger partial charge in [0.25, 0.3) is 0 Å². The van der Waals surface area contributed by atoms with Crippen molar-refractivity contribution in [3.8, 4) is 17.0 Å². The van der Waals surface area contributed by atoms with Crippen molar-refractivity contribution in [2.75, 3.05) is 0 Å². The number of fused-ring (bicyclic) bond motifs is 1. The van der Waals surface area contributed by atoms with E-state index in [1.807, 2.05) is 6.07 Å². The smallest absolute Gasteiger partial charge is 0.335 e. The van der Waals surface area contributed by atoms with Crippen LogP contribution in [0.15, 0.2) is 42.5 Å². The average Bonchev–Trinajstić information content (AvgIpc) is 2.81. The minimum Gasteiger partial charge on any atom is -0.508 e. The zero-order chi connectivity index (χ0) is 13.4. The molecular formula is C14H10N2O3. The molecule has 0 fully saturated rings. The standard InChI is InChI=1S/C14H10N2O3/c17-10-3-1-2-8(6-10)13-11-7-9(14(18)19)4-5-12(11)15-16-13/h1-7,17H,(H,15,16)(H,18,19). The van der Waals surface area contributed by atoms with Crippen LogP contribution in [-0.2, 0) is 0 Å². The predicted octanol–water partition coefficient (Wildman–Crippen LogP) is 2.63. The maximum Gasteiger partial charge on any atom is 0.335 e. The van der Waals surface area contributed by atoms with Crippen molar-refractivity contribution >= 4 is 16.9 Å². The van der Waals surface area contributed by atoms with Crippen molar-refractivity contribution < 1.29 is 15.0 Å². The monoisotopic (exact) mass is 254 g/mol. The van der Waals surface area contributed by atoms with Crippen molar-refractivity contribution in [3.63, 3.8) is 0 Å². The topological polar surface area (TPSA) is 86.2 Å². The summed E-state index contributed by atoms with van der Waals surface area (Å²) in [4.78, 5) is 11.0. The number of hydrogen-bond donors (Lipinski definition) is 3. The lowest BCUT2D eigenvalue weighted by Gasteiger charge is -2.00. The Hall–Kier alpha value is -2.82. The third kappa shape index (κ3) is 1.91. The van der Waals surface area contributed by atoms with Crippen LogP contribution in [0.2, 0.25) is 0 Å². The van der Waals surface area contributed by atoms with Gasteiger partial charge in [-0.3, -0.25) is 5.10 Å². The van der Waals surface area contributed by atoms with E-state index in [2.05, 4.69) is 10.2 Å². The molecule has 0 aliphatic rings. The molecule has 2 aromatic carbocycles. The number of benzene rings is 2. The molecule has 1 heterocycles. The lowest BCUT2D eigenvalue weighted by atomic mass is 10.1. The Labute approximate surface area is 108 Å². The molecule has 0 bridgehead atoms. The zero-order valence-corrected chi connectivity index (χ0v) is 9.79. The Kier molecular flexibility index (Phi) is 2.45. The van der Waals surface area contributed by atoms with Gasteiger partial charge in [-0.05, 0) is 30.3 Å². The molecule has 3 rings (SSSR count). The average molecular weight is 254 g/mol. The lowest BCUT2D eigenvalue weighted by molar-refractivity contribution is 0.0697. The number of aromatic carboxylic acids is 1. The molecule has 0 unspecified atom stereocenters. The quantitative estimate of drug-likeness (QED) is 0.656. The maximum atomic E-state index is 11.0. The molecule has 94 valence electrons. The number of carbonyl (C=O) groups is 1. The summed E-state index contributed by atoms with van der Waals surface area (Å²) in [6.45, 7) is 0. The molecule has 0 atom stereocenters. The van der Waals surface area contributed by atoms with Gasteiger partial charge in [-0.15, -0.1) is 0 Å². The molecule has 0 spiro atoms. The number of aromatic nitrogens is 2. The van der Waals surface area contributed by atoms with Gasteiger partial charge < -0.3 is 10.2 Å². The van der Waals surface area contributed by atoms with Crippen LogP contribution in [0.5, 0.6) is 5.75 Å². The summed E-state index contributed by atoms with van der Waals surface area (Å²) in [5.41, 5.74) is 2.31. The van der Waals surface area contributed by atoms with E-state index in [-0.39, 0.29) is 11.3 Å². The first-order valence-electron chi connectivity index (χ1n) is 5.66. The molecule has 0 aliphatic carbocycles. The van der Waals surface area contributed by atoms with Crippen molar-refractivity contribution in [2.24, 2.45) is 0 Å². The van der Waals surface area contributed by atoms with E-state index in [9.17, 15) is 9.90 Å². The molecule has 0 aliphatic heterocycles. The maximum absolute atomic E-state index is 11.0. The highest BCUT2D eigenvalue weighted by molar-refractivity contribution is 5.98. The fourth-order valence-electron chi connectivity index (χ4n) is 2.02. The van der Waals surface area contributed by atoms with Gasteiger partial charge in [-0.2, -0.15) is 5.10 Å². The van der Waals surface area contributed by atoms with Crippen LogP contribution in [-0.4, -0.2) is 26.4 Å². The normalized spacial score (nSPS) is 10.7. The fourth-order valence-corrected chi connectivity index (χ4v) is 2.02. The van der Waals surface area contributed by atoms with Crippen molar-refractivity contribution in [3.05, 3.63) is 48.0 Å². The number of carboxylic acids is 1. The molecular weight excluding hydrogens is 244 g/mol. The number of H-pyrrole nitrogens is 1. The van der Waals surface area contributed by atoms with Crippen LogP contribution in [0.25, 0.3) is 22.2 Å². The highest BCUT2D eigenvalue weighted by Crippen LogP contribution is 2.28. The number of phenolic OH excluding ortho intramolecular Hbond substituents is 1. The van der Waals surface area contributed by atoms with Crippen molar-refractivity contribution in [2.45, 2.75) is 0 Å². The number of hydrogen-bond acceptors (Lipinski definition) is 3. The molecule has 5 heteroatoms. The van der Waals surface area contributed by atoms with E-state index in [1.165, 1.54) is 6.07 Å². The van der Waals surface area contributed by atoms with Crippen LogP contribution in [0.1, 0.15) is 10.4 Å². The fraction of sp³-hybridized carbons (Fsp3) is 0. The van der Waals surface area contributed by atoms with Gasteiger partial charge in [0.2, 0.25) is 0 Å². The van der Waals surface area contributed by atoms with Crippen LogP contribution in [0, 0.1) is 0 Å². The highest BCUT2D eigenvalue weighted by atomic mass is 16.4. The SMILES string of the molecule is O=C(O)c1ccc2[nH]nc(-c3cccc(O)c3)c2c1. The molecule has 0 saturated carbocycles. The minimum absolute atomic E-state index is 0.142.